The molecule has 1 aromatic carbocycles. The maximum absolute atomic E-state index is 10.5. The number of ether oxygens (including phenoxy) is 1. The van der Waals surface area contributed by atoms with E-state index in [9.17, 15) is 5.11 Å². The number of aromatic nitrogens is 2. The van der Waals surface area contributed by atoms with Crippen molar-refractivity contribution in [3.63, 3.8) is 0 Å². The molecule has 0 spiro atoms. The minimum atomic E-state index is 0.166. The average Bonchev–Trinajstić information content (AvgIpc) is 2.77. The van der Waals surface area contributed by atoms with Gasteiger partial charge in [0.05, 0.1) is 11.9 Å². The Morgan fingerprint density at radius 1 is 1.20 bits per heavy atom. The van der Waals surface area contributed by atoms with E-state index in [4.69, 9.17) is 16.3 Å². The van der Waals surface area contributed by atoms with Crippen LogP contribution < -0.4 is 15.5 Å². The summed E-state index contributed by atoms with van der Waals surface area (Å²) in [4.78, 5) is 11.0. The Morgan fingerprint density at radius 3 is 2.70 bits per heavy atom. The van der Waals surface area contributed by atoms with Crippen LogP contribution in [-0.2, 0) is 4.74 Å². The number of hydrogen-bond donors (Lipinski definition) is 3. The van der Waals surface area contributed by atoms with E-state index in [2.05, 4.69) is 51.5 Å². The van der Waals surface area contributed by atoms with Gasteiger partial charge in [-0.05, 0) is 30.9 Å². The molecule has 0 saturated carbocycles. The Bertz CT molecular complexity index is 859. The number of benzene rings is 1. The predicted octanol–water partition coefficient (Wildman–Crippen LogP) is 3.89. The summed E-state index contributed by atoms with van der Waals surface area (Å²) in [6.07, 6.45) is 3.64. The molecular formula is C20H26ClIN6O2. The van der Waals surface area contributed by atoms with E-state index >= 15 is 0 Å². The predicted molar refractivity (Wildman–Crippen MR) is 128 cm³/mol. The summed E-state index contributed by atoms with van der Waals surface area (Å²) in [5, 5.41) is 17.4. The smallest absolute Gasteiger partial charge is 0.229 e. The molecule has 3 heterocycles. The molecule has 3 N–H and O–H groups in total. The van der Waals surface area contributed by atoms with Crippen molar-refractivity contribution in [3.8, 4) is 5.75 Å². The Labute approximate surface area is 195 Å². The van der Waals surface area contributed by atoms with Crippen LogP contribution in [0, 0.1) is 5.92 Å². The molecule has 2 saturated heterocycles. The standard InChI is InChI=1S/C20H26ClIN6O2/c21-16-13-24-20(26-19(16)23-12-14-3-9-30-10-4-14)25-17-2-1-15(11-18(17)29)27-5-7-28(22)8-6-27/h1-2,11,13-14,29H,3-10,12H2,(H2,23,24,25,26). The van der Waals surface area contributed by atoms with Crippen LogP contribution in [0.25, 0.3) is 0 Å². The highest BCUT2D eigenvalue weighted by molar-refractivity contribution is 14.1. The molecule has 30 heavy (non-hydrogen) atoms. The first kappa shape index (κ1) is 21.7. The van der Waals surface area contributed by atoms with Crippen molar-refractivity contribution >= 4 is 57.6 Å². The average molecular weight is 545 g/mol. The van der Waals surface area contributed by atoms with Gasteiger partial charge in [0.15, 0.2) is 5.82 Å². The fourth-order valence-electron chi connectivity index (χ4n) is 3.63. The second-order valence-corrected chi connectivity index (χ2v) is 9.32. The molecule has 0 radical (unpaired) electrons. The molecular weight excluding hydrogens is 519 g/mol. The number of hydrogen-bond acceptors (Lipinski definition) is 8. The first-order chi connectivity index (χ1) is 14.6. The normalized spacial score (nSPS) is 18.4. The fourth-order valence-corrected chi connectivity index (χ4v) is 4.22. The van der Waals surface area contributed by atoms with E-state index in [1.54, 1.807) is 12.3 Å². The molecule has 10 heteroatoms. The lowest BCUT2D eigenvalue weighted by atomic mass is 10.0. The van der Waals surface area contributed by atoms with E-state index in [1.165, 1.54) is 0 Å². The van der Waals surface area contributed by atoms with Crippen LogP contribution in [0.4, 0.5) is 23.1 Å². The maximum Gasteiger partial charge on any atom is 0.229 e. The first-order valence-corrected chi connectivity index (χ1v) is 11.5. The van der Waals surface area contributed by atoms with Gasteiger partial charge < -0.3 is 25.4 Å². The quantitative estimate of drug-likeness (QED) is 0.287. The van der Waals surface area contributed by atoms with Gasteiger partial charge in [0.25, 0.3) is 0 Å². The van der Waals surface area contributed by atoms with Crippen LogP contribution in [0.2, 0.25) is 5.02 Å². The second kappa shape index (κ2) is 10.2. The number of phenolic OH excluding ortho intramolecular Hbond substituents is 1. The minimum absolute atomic E-state index is 0.166. The van der Waals surface area contributed by atoms with E-state index in [-0.39, 0.29) is 5.75 Å². The molecule has 0 amide bonds. The van der Waals surface area contributed by atoms with Gasteiger partial charge in [0, 0.05) is 80.6 Å². The fraction of sp³-hybridized carbons (Fsp3) is 0.500. The zero-order chi connectivity index (χ0) is 20.9. The number of piperazine rings is 1. The third kappa shape index (κ3) is 5.57. The van der Waals surface area contributed by atoms with Crippen molar-refractivity contribution < 1.29 is 9.84 Å². The third-order valence-electron chi connectivity index (χ3n) is 5.46. The molecule has 2 fully saturated rings. The number of nitrogens with zero attached hydrogens (tertiary/aromatic N) is 4. The van der Waals surface area contributed by atoms with Gasteiger partial charge in [-0.15, -0.1) is 0 Å². The summed E-state index contributed by atoms with van der Waals surface area (Å²) in [5.74, 6) is 1.69. The summed E-state index contributed by atoms with van der Waals surface area (Å²) in [7, 11) is 0. The number of anilines is 4. The molecule has 0 aliphatic carbocycles. The number of halogens is 2. The Balaban J connectivity index is 1.40. The van der Waals surface area contributed by atoms with Crippen LogP contribution in [0.3, 0.4) is 0 Å². The van der Waals surface area contributed by atoms with Gasteiger partial charge in [-0.2, -0.15) is 4.98 Å². The van der Waals surface area contributed by atoms with Crippen LogP contribution in [-0.4, -0.2) is 64.1 Å². The Morgan fingerprint density at radius 2 is 1.97 bits per heavy atom. The highest BCUT2D eigenvalue weighted by Gasteiger charge is 2.17. The van der Waals surface area contributed by atoms with Crippen molar-refractivity contribution in [3.05, 3.63) is 29.4 Å². The molecule has 162 valence electrons. The van der Waals surface area contributed by atoms with Gasteiger partial charge in [-0.25, -0.2) is 8.10 Å². The largest absolute Gasteiger partial charge is 0.506 e. The molecule has 8 nitrogen and oxygen atoms in total. The SMILES string of the molecule is Oc1cc(N2CCN(I)CC2)ccc1Nc1ncc(Cl)c(NCC2CCOCC2)n1. The minimum Gasteiger partial charge on any atom is -0.506 e. The lowest BCUT2D eigenvalue weighted by Gasteiger charge is -2.33. The van der Waals surface area contributed by atoms with E-state index in [1.807, 2.05) is 12.1 Å². The molecule has 4 rings (SSSR count). The van der Waals surface area contributed by atoms with E-state index in [0.29, 0.717) is 28.4 Å². The van der Waals surface area contributed by atoms with Crippen LogP contribution in [0.1, 0.15) is 12.8 Å². The van der Waals surface area contributed by atoms with Crippen molar-refractivity contribution in [2.45, 2.75) is 12.8 Å². The monoisotopic (exact) mass is 544 g/mol. The van der Waals surface area contributed by atoms with Crippen molar-refractivity contribution in [1.82, 2.24) is 13.1 Å². The van der Waals surface area contributed by atoms with Gasteiger partial charge in [-0.1, -0.05) is 11.6 Å². The Hall–Kier alpha value is -1.56. The highest BCUT2D eigenvalue weighted by Crippen LogP contribution is 2.32. The first-order valence-electron chi connectivity index (χ1n) is 10.2. The third-order valence-corrected chi connectivity index (χ3v) is 6.70. The lowest BCUT2D eigenvalue weighted by Crippen LogP contribution is -2.42. The van der Waals surface area contributed by atoms with Crippen LogP contribution in [0.15, 0.2) is 24.4 Å². The highest BCUT2D eigenvalue weighted by atomic mass is 127. The zero-order valence-corrected chi connectivity index (χ0v) is 19.6. The van der Waals surface area contributed by atoms with Crippen LogP contribution >= 0.6 is 34.5 Å². The molecule has 0 atom stereocenters. The summed E-state index contributed by atoms with van der Waals surface area (Å²) < 4.78 is 7.68. The van der Waals surface area contributed by atoms with Gasteiger partial charge >= 0.3 is 0 Å². The second-order valence-electron chi connectivity index (χ2n) is 7.55. The van der Waals surface area contributed by atoms with Gasteiger partial charge in [0.1, 0.15) is 10.8 Å². The van der Waals surface area contributed by atoms with Gasteiger partial charge in [-0.3, -0.25) is 0 Å². The van der Waals surface area contributed by atoms with Crippen molar-refractivity contribution in [2.75, 3.05) is 61.5 Å². The summed E-state index contributed by atoms with van der Waals surface area (Å²) >= 11 is 8.61. The number of nitrogens with one attached hydrogen (secondary N) is 2. The molecule has 2 aliphatic heterocycles. The summed E-state index contributed by atoms with van der Waals surface area (Å²) in [5.41, 5.74) is 1.57. The summed E-state index contributed by atoms with van der Waals surface area (Å²) in [6.45, 7) is 6.30. The van der Waals surface area contributed by atoms with E-state index < -0.39 is 0 Å². The maximum atomic E-state index is 10.5. The summed E-state index contributed by atoms with van der Waals surface area (Å²) in [6, 6.07) is 5.64. The lowest BCUT2D eigenvalue weighted by molar-refractivity contribution is 0.0699. The number of phenols is 1. The zero-order valence-electron chi connectivity index (χ0n) is 16.7. The van der Waals surface area contributed by atoms with Crippen molar-refractivity contribution in [1.29, 1.82) is 0 Å². The van der Waals surface area contributed by atoms with E-state index in [0.717, 1.165) is 64.5 Å². The van der Waals surface area contributed by atoms with Gasteiger partial charge in [0.2, 0.25) is 5.95 Å². The molecule has 0 bridgehead atoms. The van der Waals surface area contributed by atoms with Crippen LogP contribution in [0.5, 0.6) is 5.75 Å². The molecule has 2 aromatic rings. The molecule has 2 aliphatic rings. The molecule has 1 aromatic heterocycles. The molecule has 0 unspecified atom stereocenters. The Kier molecular flexibility index (Phi) is 7.34. The van der Waals surface area contributed by atoms with Crippen molar-refractivity contribution in [2.24, 2.45) is 5.92 Å². The number of rotatable bonds is 6. The topological polar surface area (TPSA) is 85.8 Å². The number of aromatic hydroxyl groups is 1.